The van der Waals surface area contributed by atoms with Crippen molar-refractivity contribution in [2.24, 2.45) is 0 Å². The molecule has 1 heterocycles. The van der Waals surface area contributed by atoms with Crippen molar-refractivity contribution in [2.45, 2.75) is 25.7 Å². The highest BCUT2D eigenvalue weighted by molar-refractivity contribution is 5.58. The van der Waals surface area contributed by atoms with Gasteiger partial charge in [0.1, 0.15) is 0 Å². The van der Waals surface area contributed by atoms with Crippen LogP contribution in [0.1, 0.15) is 31.1 Å². The van der Waals surface area contributed by atoms with Crippen LogP contribution in [0.2, 0.25) is 0 Å². The molecule has 4 heteroatoms. The highest BCUT2D eigenvalue weighted by atomic mass is 16.7. The first kappa shape index (κ1) is 14.3. The second-order valence-electron chi connectivity index (χ2n) is 4.99. The van der Waals surface area contributed by atoms with E-state index in [0.29, 0.717) is 35.7 Å². The molecular formula is C16H17NO3. The number of aliphatic hydroxyl groups excluding tert-OH is 1. The number of nitrogens with one attached hydrogen (secondary N) is 1. The van der Waals surface area contributed by atoms with Crippen LogP contribution in [0.5, 0.6) is 11.5 Å². The summed E-state index contributed by atoms with van der Waals surface area (Å²) in [4.78, 5) is 0. The number of ether oxygens (including phenoxy) is 2. The minimum Gasteiger partial charge on any atom is -0.449 e. The first-order valence-electron chi connectivity index (χ1n) is 6.31. The van der Waals surface area contributed by atoms with Crippen molar-refractivity contribution in [3.63, 3.8) is 0 Å². The number of rotatable bonds is 4. The number of hydrogen-bond acceptors (Lipinski definition) is 4. The van der Waals surface area contributed by atoms with Crippen LogP contribution in [0.15, 0.2) is 12.1 Å². The molecule has 0 bridgehead atoms. The first-order chi connectivity index (χ1) is 9.46. The molecule has 2 rings (SSSR count). The Bertz CT molecular complexity index is 593. The molecule has 1 aromatic carbocycles. The topological polar surface area (TPSA) is 50.7 Å². The molecular weight excluding hydrogens is 254 g/mol. The van der Waals surface area contributed by atoms with Gasteiger partial charge in [0.05, 0.1) is 18.2 Å². The molecule has 20 heavy (non-hydrogen) atoms. The summed E-state index contributed by atoms with van der Waals surface area (Å²) in [7, 11) is 0. The molecule has 0 saturated carbocycles. The summed E-state index contributed by atoms with van der Waals surface area (Å²) in [6.45, 7) is 4.35. The zero-order chi connectivity index (χ0) is 14.8. The van der Waals surface area contributed by atoms with E-state index in [-0.39, 0.29) is 0 Å². The lowest BCUT2D eigenvalue weighted by Gasteiger charge is -2.16. The Labute approximate surface area is 119 Å². The molecule has 1 aliphatic heterocycles. The minimum atomic E-state index is -0.751. The van der Waals surface area contributed by atoms with Crippen LogP contribution >= 0.6 is 0 Å². The third-order valence-corrected chi connectivity index (χ3v) is 2.89. The fourth-order valence-corrected chi connectivity index (χ4v) is 2.03. The molecule has 0 spiro atoms. The Balaban J connectivity index is 2.26. The van der Waals surface area contributed by atoms with Gasteiger partial charge in [-0.1, -0.05) is 11.8 Å². The van der Waals surface area contributed by atoms with Gasteiger partial charge in [-0.3, -0.25) is 0 Å². The van der Waals surface area contributed by atoms with Gasteiger partial charge in [-0.2, -0.15) is 0 Å². The first-order valence-corrected chi connectivity index (χ1v) is 6.31. The van der Waals surface area contributed by atoms with Crippen molar-refractivity contribution < 1.29 is 14.6 Å². The SMILES string of the molecule is C#CCNCC(O)c1cc(C#C)c2c(c1)OC(C)(C)O2. The van der Waals surface area contributed by atoms with E-state index in [0.717, 1.165) is 0 Å². The highest BCUT2D eigenvalue weighted by Crippen LogP contribution is 2.43. The number of terminal acetylenes is 2. The lowest BCUT2D eigenvalue weighted by molar-refractivity contribution is -0.0433. The Morgan fingerprint density at radius 1 is 1.35 bits per heavy atom. The van der Waals surface area contributed by atoms with Gasteiger partial charge in [-0.15, -0.1) is 12.8 Å². The van der Waals surface area contributed by atoms with E-state index >= 15 is 0 Å². The van der Waals surface area contributed by atoms with Crippen LogP contribution in [0, 0.1) is 24.7 Å². The van der Waals surface area contributed by atoms with Crippen molar-refractivity contribution in [2.75, 3.05) is 13.1 Å². The van der Waals surface area contributed by atoms with Gasteiger partial charge >= 0.3 is 0 Å². The van der Waals surface area contributed by atoms with Crippen molar-refractivity contribution >= 4 is 0 Å². The summed E-state index contributed by atoms with van der Waals surface area (Å²) in [6, 6.07) is 3.47. The number of benzene rings is 1. The van der Waals surface area contributed by atoms with E-state index in [1.165, 1.54) is 0 Å². The highest BCUT2D eigenvalue weighted by Gasteiger charge is 2.34. The fraction of sp³-hybridized carbons (Fsp3) is 0.375. The summed E-state index contributed by atoms with van der Waals surface area (Å²) in [5, 5.41) is 13.1. The summed E-state index contributed by atoms with van der Waals surface area (Å²) in [5.74, 6) is 5.36. The van der Waals surface area contributed by atoms with E-state index in [1.54, 1.807) is 26.0 Å². The van der Waals surface area contributed by atoms with Crippen LogP contribution in [0.4, 0.5) is 0 Å². The monoisotopic (exact) mass is 271 g/mol. The van der Waals surface area contributed by atoms with Crippen molar-refractivity contribution in [1.82, 2.24) is 5.32 Å². The molecule has 104 valence electrons. The van der Waals surface area contributed by atoms with Crippen molar-refractivity contribution in [3.05, 3.63) is 23.3 Å². The minimum absolute atomic E-state index is 0.344. The molecule has 1 unspecified atom stereocenters. The Morgan fingerprint density at radius 3 is 2.75 bits per heavy atom. The molecule has 0 fully saturated rings. The zero-order valence-electron chi connectivity index (χ0n) is 11.6. The number of fused-ring (bicyclic) bond motifs is 1. The molecule has 2 N–H and O–H groups in total. The predicted molar refractivity (Wildman–Crippen MR) is 76.4 cm³/mol. The van der Waals surface area contributed by atoms with Crippen LogP contribution < -0.4 is 14.8 Å². The second kappa shape index (κ2) is 5.46. The average Bonchev–Trinajstić information content (AvgIpc) is 2.71. The van der Waals surface area contributed by atoms with E-state index in [2.05, 4.69) is 17.2 Å². The van der Waals surface area contributed by atoms with Gasteiger partial charge < -0.3 is 19.9 Å². The van der Waals surface area contributed by atoms with Crippen LogP contribution in [0.25, 0.3) is 0 Å². The standard InChI is InChI=1S/C16H17NO3/c1-5-7-17-10-13(18)12-8-11(6-2)15-14(9-12)19-16(3,4)20-15/h1-2,8-9,13,17-18H,7,10H2,3-4H3. The number of hydrogen-bond donors (Lipinski definition) is 2. The molecule has 0 saturated heterocycles. The Hall–Kier alpha value is -2.14. The number of aliphatic hydroxyl groups is 1. The van der Waals surface area contributed by atoms with Gasteiger partial charge in [-0.05, 0) is 17.7 Å². The van der Waals surface area contributed by atoms with Gasteiger partial charge in [0.25, 0.3) is 0 Å². The summed E-state index contributed by atoms with van der Waals surface area (Å²) < 4.78 is 11.3. The summed E-state index contributed by atoms with van der Waals surface area (Å²) in [5.41, 5.74) is 1.24. The molecule has 0 amide bonds. The van der Waals surface area contributed by atoms with Crippen LogP contribution in [-0.2, 0) is 0 Å². The third-order valence-electron chi connectivity index (χ3n) is 2.89. The maximum Gasteiger partial charge on any atom is 0.246 e. The normalized spacial score (nSPS) is 16.2. The Kier molecular flexibility index (Phi) is 3.90. The summed E-state index contributed by atoms with van der Waals surface area (Å²) >= 11 is 0. The average molecular weight is 271 g/mol. The van der Waals surface area contributed by atoms with E-state index in [1.807, 2.05) is 0 Å². The molecule has 1 aliphatic rings. The van der Waals surface area contributed by atoms with Crippen LogP contribution in [-0.4, -0.2) is 24.0 Å². The van der Waals surface area contributed by atoms with Crippen molar-refractivity contribution in [1.29, 1.82) is 0 Å². The molecule has 1 atom stereocenters. The Morgan fingerprint density at radius 2 is 2.10 bits per heavy atom. The lowest BCUT2D eigenvalue weighted by Crippen LogP contribution is -2.29. The van der Waals surface area contributed by atoms with Crippen LogP contribution in [0.3, 0.4) is 0 Å². The van der Waals surface area contributed by atoms with E-state index in [4.69, 9.17) is 22.3 Å². The van der Waals surface area contributed by atoms with E-state index in [9.17, 15) is 5.11 Å². The molecule has 1 aromatic rings. The molecule has 4 nitrogen and oxygen atoms in total. The molecule has 0 radical (unpaired) electrons. The molecule has 0 aliphatic carbocycles. The largest absolute Gasteiger partial charge is 0.449 e. The summed E-state index contributed by atoms with van der Waals surface area (Å²) in [6.07, 6.45) is 9.92. The smallest absolute Gasteiger partial charge is 0.246 e. The van der Waals surface area contributed by atoms with Gasteiger partial charge in [0, 0.05) is 20.4 Å². The predicted octanol–water partition coefficient (Wildman–Crippen LogP) is 1.43. The lowest BCUT2D eigenvalue weighted by atomic mass is 10.0. The van der Waals surface area contributed by atoms with Gasteiger partial charge in [0.15, 0.2) is 11.5 Å². The fourth-order valence-electron chi connectivity index (χ4n) is 2.03. The van der Waals surface area contributed by atoms with Gasteiger partial charge in [-0.25, -0.2) is 0 Å². The quantitative estimate of drug-likeness (QED) is 0.642. The maximum atomic E-state index is 10.1. The third kappa shape index (κ3) is 2.88. The second-order valence-corrected chi connectivity index (χ2v) is 4.99. The zero-order valence-corrected chi connectivity index (χ0v) is 11.6. The van der Waals surface area contributed by atoms with E-state index < -0.39 is 11.9 Å². The van der Waals surface area contributed by atoms with Crippen molar-refractivity contribution in [3.8, 4) is 36.2 Å². The molecule has 0 aromatic heterocycles. The van der Waals surface area contributed by atoms with Gasteiger partial charge in [0.2, 0.25) is 5.79 Å². The maximum absolute atomic E-state index is 10.1.